The van der Waals surface area contributed by atoms with Crippen LogP contribution in [0, 0.1) is 17.0 Å². The zero-order chi connectivity index (χ0) is 19.4. The highest BCUT2D eigenvalue weighted by atomic mass is 16.6. The summed E-state index contributed by atoms with van der Waals surface area (Å²) >= 11 is 0. The van der Waals surface area contributed by atoms with E-state index in [9.17, 15) is 10.1 Å². The molecule has 3 rings (SSSR count). The van der Waals surface area contributed by atoms with E-state index < -0.39 is 0 Å². The van der Waals surface area contributed by atoms with Gasteiger partial charge in [0, 0.05) is 50.6 Å². The monoisotopic (exact) mass is 375 g/mol. The Labute approximate surface area is 158 Å². The van der Waals surface area contributed by atoms with Crippen LogP contribution in [0.1, 0.15) is 36.7 Å². The van der Waals surface area contributed by atoms with E-state index in [1.165, 1.54) is 0 Å². The number of aromatic nitrogens is 2. The van der Waals surface area contributed by atoms with Gasteiger partial charge >= 0.3 is 0 Å². The maximum absolute atomic E-state index is 11.0. The van der Waals surface area contributed by atoms with Gasteiger partial charge in [-0.3, -0.25) is 15.0 Å². The van der Waals surface area contributed by atoms with Crippen molar-refractivity contribution in [2.24, 2.45) is 0 Å². The van der Waals surface area contributed by atoms with Crippen molar-refractivity contribution in [1.82, 2.24) is 15.0 Å². The zero-order valence-corrected chi connectivity index (χ0v) is 15.9. The van der Waals surface area contributed by atoms with Crippen molar-refractivity contribution < 1.29 is 14.2 Å². The third kappa shape index (κ3) is 4.61. The Morgan fingerprint density at radius 2 is 2.15 bits per heavy atom. The Kier molecular flexibility index (Phi) is 6.02. The van der Waals surface area contributed by atoms with Crippen molar-refractivity contribution >= 4 is 11.4 Å². The van der Waals surface area contributed by atoms with Crippen LogP contribution in [-0.4, -0.2) is 53.3 Å². The first-order valence-electron chi connectivity index (χ1n) is 9.05. The maximum Gasteiger partial charge on any atom is 0.272 e. The molecule has 146 valence electrons. The first-order valence-corrected chi connectivity index (χ1v) is 9.05. The summed E-state index contributed by atoms with van der Waals surface area (Å²) in [4.78, 5) is 19.6. The highest BCUT2D eigenvalue weighted by molar-refractivity contribution is 5.55. The van der Waals surface area contributed by atoms with E-state index in [1.807, 2.05) is 19.1 Å². The topological polar surface area (TPSA) is 97.8 Å². The molecular weight excluding hydrogens is 350 g/mol. The quantitative estimate of drug-likeness (QED) is 0.561. The molecule has 27 heavy (non-hydrogen) atoms. The minimum Gasteiger partial charge on any atom is -0.374 e. The Hall–Kier alpha value is -2.52. The van der Waals surface area contributed by atoms with E-state index in [0.717, 1.165) is 38.3 Å². The summed E-state index contributed by atoms with van der Waals surface area (Å²) in [5, 5.41) is 15.0. The first kappa shape index (κ1) is 19.2. The molecule has 1 aliphatic rings. The van der Waals surface area contributed by atoms with Gasteiger partial charge in [-0.2, -0.15) is 4.98 Å². The van der Waals surface area contributed by atoms with Gasteiger partial charge in [-0.1, -0.05) is 5.16 Å². The van der Waals surface area contributed by atoms with Crippen molar-refractivity contribution in [3.8, 4) is 0 Å². The molecule has 9 heteroatoms. The molecule has 1 saturated heterocycles. The van der Waals surface area contributed by atoms with Crippen LogP contribution < -0.4 is 4.90 Å². The van der Waals surface area contributed by atoms with Gasteiger partial charge in [-0.25, -0.2) is 0 Å². The van der Waals surface area contributed by atoms with Crippen LogP contribution in [0.4, 0.5) is 11.4 Å². The van der Waals surface area contributed by atoms with Gasteiger partial charge in [0.05, 0.1) is 11.5 Å². The summed E-state index contributed by atoms with van der Waals surface area (Å²) in [5.74, 6) is 1.15. The first-order chi connectivity index (χ1) is 13.0. The van der Waals surface area contributed by atoms with E-state index in [-0.39, 0.29) is 16.7 Å². The summed E-state index contributed by atoms with van der Waals surface area (Å²) in [6.07, 6.45) is 0.804. The normalized spacial score (nSPS) is 16.9. The largest absolute Gasteiger partial charge is 0.374 e. The van der Waals surface area contributed by atoms with Gasteiger partial charge in [-0.15, -0.1) is 0 Å². The van der Waals surface area contributed by atoms with E-state index in [4.69, 9.17) is 9.26 Å². The molecule has 0 bridgehead atoms. The fraction of sp³-hybridized carbons (Fsp3) is 0.556. The molecule has 0 saturated carbocycles. The van der Waals surface area contributed by atoms with E-state index >= 15 is 0 Å². The van der Waals surface area contributed by atoms with Crippen LogP contribution in [0.2, 0.25) is 0 Å². The lowest BCUT2D eigenvalue weighted by Gasteiger charge is -2.23. The van der Waals surface area contributed by atoms with Crippen molar-refractivity contribution in [1.29, 1.82) is 0 Å². The third-order valence-corrected chi connectivity index (χ3v) is 4.89. The number of anilines is 1. The highest BCUT2D eigenvalue weighted by Crippen LogP contribution is 2.25. The molecule has 1 fully saturated rings. The number of nitro groups is 1. The molecule has 1 aliphatic heterocycles. The van der Waals surface area contributed by atoms with Crippen molar-refractivity contribution in [3.63, 3.8) is 0 Å². The summed E-state index contributed by atoms with van der Waals surface area (Å²) in [6.45, 7) is 7.80. The van der Waals surface area contributed by atoms with Gasteiger partial charge in [-0.05, 0) is 32.4 Å². The van der Waals surface area contributed by atoms with Crippen molar-refractivity contribution in [2.45, 2.75) is 32.9 Å². The van der Waals surface area contributed by atoms with Gasteiger partial charge < -0.3 is 14.2 Å². The van der Waals surface area contributed by atoms with Gasteiger partial charge in [0.15, 0.2) is 5.82 Å². The molecule has 2 heterocycles. The molecule has 0 amide bonds. The van der Waals surface area contributed by atoms with Crippen molar-refractivity contribution in [3.05, 3.63) is 45.6 Å². The fourth-order valence-electron chi connectivity index (χ4n) is 3.22. The Morgan fingerprint density at radius 3 is 2.85 bits per heavy atom. The van der Waals surface area contributed by atoms with Crippen LogP contribution in [0.5, 0.6) is 0 Å². The molecule has 9 nitrogen and oxygen atoms in total. The molecule has 1 unspecified atom stereocenters. The molecule has 0 radical (unpaired) electrons. The standard InChI is InChI=1S/C18H25N5O4/c1-13-11-15(5-6-16(13)23(24)25)22-8-4-7-21(9-10-22)12-17-19-18(20-27-17)14(2)26-3/h5-6,11,14H,4,7-10,12H2,1-3H3. The number of nitro benzene ring substituents is 1. The highest BCUT2D eigenvalue weighted by Gasteiger charge is 2.20. The molecule has 0 aliphatic carbocycles. The van der Waals surface area contributed by atoms with Gasteiger partial charge in [0.2, 0.25) is 5.89 Å². The lowest BCUT2D eigenvalue weighted by molar-refractivity contribution is -0.385. The smallest absolute Gasteiger partial charge is 0.272 e. The average molecular weight is 375 g/mol. The molecule has 2 aromatic rings. The second kappa shape index (κ2) is 8.45. The number of hydrogen-bond donors (Lipinski definition) is 0. The maximum atomic E-state index is 11.0. The van der Waals surface area contributed by atoms with Gasteiger partial charge in [0.25, 0.3) is 5.69 Å². The summed E-state index contributed by atoms with van der Waals surface area (Å²) in [6, 6.07) is 5.31. The number of ether oxygens (including phenoxy) is 1. The molecular formula is C18H25N5O4. The van der Waals surface area contributed by atoms with E-state index in [1.54, 1.807) is 20.1 Å². The van der Waals surface area contributed by atoms with Crippen LogP contribution in [0.3, 0.4) is 0 Å². The summed E-state index contributed by atoms with van der Waals surface area (Å²) < 4.78 is 10.5. The molecule has 1 aromatic carbocycles. The average Bonchev–Trinajstić information content (AvgIpc) is 2.98. The predicted molar refractivity (Wildman–Crippen MR) is 99.7 cm³/mol. The second-order valence-corrected chi connectivity index (χ2v) is 6.77. The van der Waals surface area contributed by atoms with Crippen LogP contribution in [0.25, 0.3) is 0 Å². The minimum absolute atomic E-state index is 0.160. The fourth-order valence-corrected chi connectivity index (χ4v) is 3.22. The third-order valence-electron chi connectivity index (χ3n) is 4.89. The van der Waals surface area contributed by atoms with Crippen molar-refractivity contribution in [2.75, 3.05) is 38.2 Å². The number of benzene rings is 1. The summed E-state index contributed by atoms with van der Waals surface area (Å²) in [7, 11) is 1.62. The Balaban J connectivity index is 1.61. The molecule has 0 spiro atoms. The molecule has 1 aromatic heterocycles. The lowest BCUT2D eigenvalue weighted by atomic mass is 10.1. The number of methoxy groups -OCH3 is 1. The molecule has 1 atom stereocenters. The summed E-state index contributed by atoms with van der Waals surface area (Å²) in [5.41, 5.74) is 1.87. The SMILES string of the molecule is COC(C)c1noc(CN2CCCN(c3ccc([N+](=O)[O-])c(C)c3)CC2)n1. The Morgan fingerprint density at radius 1 is 1.33 bits per heavy atom. The number of nitrogens with zero attached hydrogens (tertiary/aromatic N) is 5. The minimum atomic E-state index is -0.341. The lowest BCUT2D eigenvalue weighted by Crippen LogP contribution is -2.30. The van der Waals surface area contributed by atoms with E-state index in [2.05, 4.69) is 19.9 Å². The predicted octanol–water partition coefficient (Wildman–Crippen LogP) is 2.71. The van der Waals surface area contributed by atoms with Gasteiger partial charge in [0.1, 0.15) is 6.10 Å². The van der Waals surface area contributed by atoms with Crippen LogP contribution in [0.15, 0.2) is 22.7 Å². The number of hydrogen-bond acceptors (Lipinski definition) is 8. The Bertz CT molecular complexity index is 794. The molecule has 0 N–H and O–H groups in total. The van der Waals surface area contributed by atoms with Crippen LogP contribution in [-0.2, 0) is 11.3 Å². The van der Waals surface area contributed by atoms with E-state index in [0.29, 0.717) is 23.8 Å². The zero-order valence-electron chi connectivity index (χ0n) is 15.9. The number of rotatable bonds is 6. The van der Waals surface area contributed by atoms with Crippen LogP contribution >= 0.6 is 0 Å². The second-order valence-electron chi connectivity index (χ2n) is 6.77. The number of aryl methyl sites for hydroxylation is 1.